The van der Waals surface area contributed by atoms with Gasteiger partial charge in [-0.1, -0.05) is 6.07 Å². The van der Waals surface area contributed by atoms with E-state index < -0.39 is 0 Å². The van der Waals surface area contributed by atoms with Gasteiger partial charge in [-0.05, 0) is 18.2 Å². The minimum Gasteiger partial charge on any atom is -0.267 e. The molecule has 2 heterocycles. The number of hydrogen-bond donors (Lipinski definition) is 0. The van der Waals surface area contributed by atoms with Crippen molar-refractivity contribution in [2.24, 2.45) is 4.99 Å². The molecule has 1 aromatic heterocycles. The zero-order valence-electron chi connectivity index (χ0n) is 6.42. The van der Waals surface area contributed by atoms with Crippen molar-refractivity contribution in [1.82, 2.24) is 4.98 Å². The fraction of sp³-hybridized carbons (Fsp3) is 0. The van der Waals surface area contributed by atoms with Crippen molar-refractivity contribution in [3.63, 3.8) is 0 Å². The summed E-state index contributed by atoms with van der Waals surface area (Å²) in [5.74, 6) is -0.157. The van der Waals surface area contributed by atoms with E-state index in [1.807, 2.05) is 18.2 Å². The summed E-state index contributed by atoms with van der Waals surface area (Å²) in [4.78, 5) is 17.1. The highest BCUT2D eigenvalue weighted by molar-refractivity contribution is 6.03. The third-order valence-corrected chi connectivity index (χ3v) is 1.09. The van der Waals surface area contributed by atoms with Gasteiger partial charge in [0.25, 0.3) is 5.91 Å². The van der Waals surface area contributed by atoms with Crippen LogP contribution in [0, 0.1) is 0 Å². The van der Waals surface area contributed by atoms with Crippen molar-refractivity contribution in [2.45, 2.75) is 0 Å². The molecule has 0 atom stereocenters. The number of aliphatic imine (C=N–C) groups is 1. The maximum atomic E-state index is 9.96. The van der Waals surface area contributed by atoms with Gasteiger partial charge in [0.05, 0.1) is 0 Å². The summed E-state index contributed by atoms with van der Waals surface area (Å²) in [6.45, 7) is 0. The lowest BCUT2D eigenvalue weighted by Gasteiger charge is -1.70. The normalized spacial score (nSPS) is 12.5. The van der Waals surface area contributed by atoms with E-state index in [2.05, 4.69) is 9.98 Å². The fourth-order valence-corrected chi connectivity index (χ4v) is 0.597. The van der Waals surface area contributed by atoms with Crippen LogP contribution in [0.2, 0.25) is 0 Å². The predicted molar refractivity (Wildman–Crippen MR) is 46.9 cm³/mol. The molecule has 0 aliphatic carbocycles. The molecule has 0 bridgehead atoms. The van der Waals surface area contributed by atoms with E-state index in [-0.39, 0.29) is 5.91 Å². The second-order valence-electron chi connectivity index (χ2n) is 2.00. The molecule has 3 heteroatoms. The van der Waals surface area contributed by atoms with Crippen LogP contribution in [0.5, 0.6) is 0 Å². The number of aromatic nitrogens is 1. The maximum Gasteiger partial charge on any atom is 0.269 e. The molecule has 0 saturated carbocycles. The average Bonchev–Trinajstić information content (AvgIpc) is 2.60. The molecule has 2 rings (SSSR count). The lowest BCUT2D eigenvalue weighted by Crippen LogP contribution is -1.75. The molecular weight excluding hydrogens is 152 g/mol. The topological polar surface area (TPSA) is 42.3 Å². The Kier molecular flexibility index (Phi) is 3.44. The van der Waals surface area contributed by atoms with Gasteiger partial charge in [0.15, 0.2) is 0 Å². The second kappa shape index (κ2) is 4.96. The number of carbonyl (C=O) groups excluding carboxylic acids is 1. The van der Waals surface area contributed by atoms with Crippen LogP contribution in [-0.4, -0.2) is 17.1 Å². The zero-order valence-corrected chi connectivity index (χ0v) is 6.42. The molecule has 0 fully saturated rings. The molecule has 1 aliphatic rings. The Labute approximate surface area is 70.5 Å². The number of carbonyl (C=O) groups is 1. The molecule has 1 aromatic rings. The van der Waals surface area contributed by atoms with E-state index >= 15 is 0 Å². The van der Waals surface area contributed by atoms with Gasteiger partial charge in [-0.15, -0.1) is 0 Å². The van der Waals surface area contributed by atoms with Gasteiger partial charge in [-0.3, -0.25) is 9.78 Å². The van der Waals surface area contributed by atoms with Gasteiger partial charge >= 0.3 is 0 Å². The van der Waals surface area contributed by atoms with E-state index in [1.54, 1.807) is 18.5 Å². The molecular formula is C9H8N2O. The summed E-state index contributed by atoms with van der Waals surface area (Å²) in [5.41, 5.74) is 0. The van der Waals surface area contributed by atoms with Gasteiger partial charge in [0.1, 0.15) is 0 Å². The van der Waals surface area contributed by atoms with E-state index in [4.69, 9.17) is 0 Å². The molecule has 3 nitrogen and oxygen atoms in total. The molecule has 0 aromatic carbocycles. The number of hydrogen-bond acceptors (Lipinski definition) is 2. The highest BCUT2D eigenvalue weighted by Gasteiger charge is 1.90. The number of pyridine rings is 1. The first-order chi connectivity index (χ1) is 5.89. The summed E-state index contributed by atoms with van der Waals surface area (Å²) in [5, 5.41) is 0. The molecule has 12 heavy (non-hydrogen) atoms. The fourth-order valence-electron chi connectivity index (χ4n) is 0.597. The number of allylic oxidation sites excluding steroid dienone is 1. The minimum absolute atomic E-state index is 0.157. The minimum atomic E-state index is -0.157. The highest BCUT2D eigenvalue weighted by atomic mass is 16.1. The molecule has 1 amide bonds. The van der Waals surface area contributed by atoms with Gasteiger partial charge < -0.3 is 0 Å². The van der Waals surface area contributed by atoms with Crippen LogP contribution in [0.3, 0.4) is 0 Å². The van der Waals surface area contributed by atoms with Gasteiger partial charge in [-0.25, -0.2) is 4.99 Å². The van der Waals surface area contributed by atoms with E-state index in [1.165, 1.54) is 12.3 Å². The molecule has 0 unspecified atom stereocenters. The maximum absolute atomic E-state index is 9.96. The molecule has 1 aliphatic heterocycles. The summed E-state index contributed by atoms with van der Waals surface area (Å²) in [6.07, 6.45) is 8.00. The largest absolute Gasteiger partial charge is 0.269 e. The zero-order chi connectivity index (χ0) is 8.65. The Morgan fingerprint density at radius 1 is 1.08 bits per heavy atom. The summed E-state index contributed by atoms with van der Waals surface area (Å²) >= 11 is 0. The van der Waals surface area contributed by atoms with Crippen molar-refractivity contribution in [1.29, 1.82) is 0 Å². The Morgan fingerprint density at radius 3 is 2.00 bits per heavy atom. The van der Waals surface area contributed by atoms with Crippen molar-refractivity contribution in [2.75, 3.05) is 0 Å². The Morgan fingerprint density at radius 2 is 1.83 bits per heavy atom. The summed E-state index contributed by atoms with van der Waals surface area (Å²) in [6, 6.07) is 5.72. The molecule has 0 radical (unpaired) electrons. The predicted octanol–water partition coefficient (Wildman–Crippen LogP) is 1.24. The quantitative estimate of drug-likeness (QED) is 0.573. The van der Waals surface area contributed by atoms with Crippen LogP contribution in [-0.2, 0) is 4.79 Å². The third kappa shape index (κ3) is 3.41. The SMILES string of the molecule is O=C1C=CC=N1.c1ccncc1. The standard InChI is InChI=1S/C5H5N.C4H3NO/c1-2-4-6-5-3-1;6-4-2-1-3-5-4/h1-5H;1-3H. The highest BCUT2D eigenvalue weighted by Crippen LogP contribution is 1.83. The summed E-state index contributed by atoms with van der Waals surface area (Å²) in [7, 11) is 0. The Bertz CT molecular complexity index is 250. The molecule has 0 saturated heterocycles. The first-order valence-electron chi connectivity index (χ1n) is 3.49. The van der Waals surface area contributed by atoms with Crippen LogP contribution in [0.1, 0.15) is 0 Å². The molecule has 60 valence electrons. The molecule has 0 spiro atoms. The number of nitrogens with zero attached hydrogens (tertiary/aromatic N) is 2. The lowest BCUT2D eigenvalue weighted by molar-refractivity contribution is -0.113. The van der Waals surface area contributed by atoms with Gasteiger partial charge in [0, 0.05) is 24.7 Å². The number of amides is 1. The first-order valence-corrected chi connectivity index (χ1v) is 3.49. The van der Waals surface area contributed by atoms with Crippen LogP contribution in [0.25, 0.3) is 0 Å². The monoisotopic (exact) mass is 160 g/mol. The van der Waals surface area contributed by atoms with Crippen LogP contribution < -0.4 is 0 Å². The van der Waals surface area contributed by atoms with E-state index in [9.17, 15) is 4.79 Å². The van der Waals surface area contributed by atoms with Crippen molar-refractivity contribution < 1.29 is 4.79 Å². The lowest BCUT2D eigenvalue weighted by atomic mass is 10.5. The van der Waals surface area contributed by atoms with E-state index in [0.29, 0.717) is 0 Å². The number of rotatable bonds is 0. The van der Waals surface area contributed by atoms with Crippen LogP contribution in [0.15, 0.2) is 47.7 Å². The Balaban J connectivity index is 0.000000120. The Hall–Kier alpha value is -1.77. The van der Waals surface area contributed by atoms with Crippen molar-refractivity contribution in [3.8, 4) is 0 Å². The van der Waals surface area contributed by atoms with Crippen molar-refractivity contribution >= 4 is 12.1 Å². The van der Waals surface area contributed by atoms with Crippen molar-refractivity contribution in [3.05, 3.63) is 42.7 Å². The molecule has 0 N–H and O–H groups in total. The van der Waals surface area contributed by atoms with Gasteiger partial charge in [0.2, 0.25) is 0 Å². The van der Waals surface area contributed by atoms with Gasteiger partial charge in [-0.2, -0.15) is 0 Å². The van der Waals surface area contributed by atoms with E-state index in [0.717, 1.165) is 0 Å². The first kappa shape index (κ1) is 8.33. The third-order valence-electron chi connectivity index (χ3n) is 1.09. The average molecular weight is 160 g/mol. The van der Waals surface area contributed by atoms with Crippen LogP contribution in [0.4, 0.5) is 0 Å². The smallest absolute Gasteiger partial charge is 0.267 e. The second-order valence-corrected chi connectivity index (χ2v) is 2.00. The van der Waals surface area contributed by atoms with Crippen LogP contribution >= 0.6 is 0 Å². The summed E-state index contributed by atoms with van der Waals surface area (Å²) < 4.78 is 0.